The molecule has 0 aliphatic carbocycles. The summed E-state index contributed by atoms with van der Waals surface area (Å²) in [5.74, 6) is -0.0910. The molecule has 0 saturated carbocycles. The Hall–Kier alpha value is -2.41. The van der Waals surface area contributed by atoms with E-state index >= 15 is 0 Å². The van der Waals surface area contributed by atoms with E-state index in [0.29, 0.717) is 25.5 Å². The maximum Gasteiger partial charge on any atom is 0.274 e. The highest BCUT2D eigenvalue weighted by Gasteiger charge is 2.29. The van der Waals surface area contributed by atoms with E-state index in [1.165, 1.54) is 6.20 Å². The summed E-state index contributed by atoms with van der Waals surface area (Å²) in [6.45, 7) is 5.45. The lowest BCUT2D eigenvalue weighted by Crippen LogP contribution is -2.49. The fourth-order valence-electron chi connectivity index (χ4n) is 2.80. The van der Waals surface area contributed by atoms with E-state index in [1.54, 1.807) is 18.6 Å². The minimum atomic E-state index is -0.0910. The number of carbonyl (C=O) groups excluding carboxylic acids is 1. The minimum Gasteiger partial charge on any atom is -0.377 e. The molecule has 1 saturated heterocycles. The van der Waals surface area contributed by atoms with Gasteiger partial charge in [0.25, 0.3) is 5.91 Å². The summed E-state index contributed by atoms with van der Waals surface area (Å²) in [6, 6.07) is 0.00996. The summed E-state index contributed by atoms with van der Waals surface area (Å²) >= 11 is 0. The highest BCUT2D eigenvalue weighted by Crippen LogP contribution is 2.16. The molecule has 2 aromatic heterocycles. The van der Waals surface area contributed by atoms with Crippen LogP contribution in [0.25, 0.3) is 0 Å². The second-order valence-electron chi connectivity index (χ2n) is 5.90. The predicted molar refractivity (Wildman–Crippen MR) is 87.5 cm³/mol. The molecule has 3 heterocycles. The van der Waals surface area contributed by atoms with E-state index in [-0.39, 0.29) is 11.9 Å². The van der Waals surface area contributed by atoms with Gasteiger partial charge in [0, 0.05) is 25.1 Å². The Labute approximate surface area is 141 Å². The van der Waals surface area contributed by atoms with E-state index in [9.17, 15) is 4.79 Å². The summed E-state index contributed by atoms with van der Waals surface area (Å²) in [5, 5.41) is 0. The quantitative estimate of drug-likeness (QED) is 0.843. The summed E-state index contributed by atoms with van der Waals surface area (Å²) in [4.78, 5) is 31.6. The van der Waals surface area contributed by atoms with Crippen molar-refractivity contribution < 1.29 is 9.53 Å². The molecule has 2 aromatic rings. The van der Waals surface area contributed by atoms with Gasteiger partial charge in [-0.3, -0.25) is 19.7 Å². The van der Waals surface area contributed by atoms with Crippen LogP contribution in [-0.4, -0.2) is 56.5 Å². The van der Waals surface area contributed by atoms with Crippen LogP contribution in [0.5, 0.6) is 0 Å². The van der Waals surface area contributed by atoms with Crippen molar-refractivity contribution in [3.63, 3.8) is 0 Å². The molecule has 126 valence electrons. The zero-order chi connectivity index (χ0) is 16.9. The fourth-order valence-corrected chi connectivity index (χ4v) is 2.80. The molecular formula is C17H21N5O2. The number of aryl methyl sites for hydroxylation is 3. The van der Waals surface area contributed by atoms with Crippen molar-refractivity contribution in [1.82, 2.24) is 24.8 Å². The maximum atomic E-state index is 12.7. The zero-order valence-electron chi connectivity index (χ0n) is 14.0. The van der Waals surface area contributed by atoms with Crippen LogP contribution in [0.2, 0.25) is 0 Å². The molecule has 1 fully saturated rings. The van der Waals surface area contributed by atoms with Gasteiger partial charge in [0.1, 0.15) is 5.69 Å². The van der Waals surface area contributed by atoms with Crippen LogP contribution in [0, 0.1) is 13.8 Å². The average molecular weight is 327 g/mol. The van der Waals surface area contributed by atoms with Crippen molar-refractivity contribution >= 4 is 5.91 Å². The topological polar surface area (TPSA) is 81.1 Å². The van der Waals surface area contributed by atoms with Crippen molar-refractivity contribution in [2.75, 3.05) is 19.8 Å². The van der Waals surface area contributed by atoms with E-state index in [0.717, 1.165) is 29.9 Å². The van der Waals surface area contributed by atoms with E-state index in [1.807, 2.05) is 18.7 Å². The molecule has 0 aromatic carbocycles. The Kier molecular flexibility index (Phi) is 5.10. The second-order valence-corrected chi connectivity index (χ2v) is 5.90. The molecule has 1 amide bonds. The third kappa shape index (κ3) is 3.73. The average Bonchev–Trinajstić information content (AvgIpc) is 2.61. The van der Waals surface area contributed by atoms with Crippen molar-refractivity contribution in [2.24, 2.45) is 0 Å². The fraction of sp³-hybridized carbons (Fsp3) is 0.471. The first-order valence-corrected chi connectivity index (χ1v) is 8.09. The molecular weight excluding hydrogens is 306 g/mol. The largest absolute Gasteiger partial charge is 0.377 e. The van der Waals surface area contributed by atoms with Crippen molar-refractivity contribution in [3.05, 3.63) is 47.6 Å². The molecule has 24 heavy (non-hydrogen) atoms. The molecule has 1 atom stereocenters. The number of carbonyl (C=O) groups is 1. The van der Waals surface area contributed by atoms with Gasteiger partial charge in [-0.2, -0.15) is 0 Å². The highest BCUT2D eigenvalue weighted by molar-refractivity contribution is 5.92. The Morgan fingerprint density at radius 2 is 2.04 bits per heavy atom. The molecule has 0 spiro atoms. The van der Waals surface area contributed by atoms with Gasteiger partial charge >= 0.3 is 0 Å². The van der Waals surface area contributed by atoms with Crippen LogP contribution in [0.3, 0.4) is 0 Å². The van der Waals surface area contributed by atoms with Crippen LogP contribution >= 0.6 is 0 Å². The lowest BCUT2D eigenvalue weighted by atomic mass is 10.1. The predicted octanol–water partition coefficient (Wildman–Crippen LogP) is 1.36. The molecule has 0 N–H and O–H groups in total. The molecule has 0 unspecified atom stereocenters. The standard InChI is InChI=1S/C17H21N5O2/c1-12-9-21-16(10-20-12)17(23)22-7-8-24-11-14(22)3-4-15-13(2)18-5-6-19-15/h5-6,9-10,14H,3-4,7-8,11H2,1-2H3/t14-/m1/s1. The third-order valence-electron chi connectivity index (χ3n) is 4.19. The van der Waals surface area contributed by atoms with Gasteiger partial charge in [-0.15, -0.1) is 0 Å². The smallest absolute Gasteiger partial charge is 0.274 e. The van der Waals surface area contributed by atoms with Crippen LogP contribution in [0.1, 0.15) is 34.0 Å². The molecule has 1 aliphatic rings. The third-order valence-corrected chi connectivity index (χ3v) is 4.19. The molecule has 3 rings (SSSR count). The number of nitrogens with zero attached hydrogens (tertiary/aromatic N) is 5. The Morgan fingerprint density at radius 3 is 2.79 bits per heavy atom. The Morgan fingerprint density at radius 1 is 1.21 bits per heavy atom. The van der Waals surface area contributed by atoms with E-state index in [4.69, 9.17) is 4.74 Å². The Bertz CT molecular complexity index is 704. The second kappa shape index (κ2) is 7.44. The molecule has 7 heteroatoms. The first kappa shape index (κ1) is 16.4. The Balaban J connectivity index is 1.70. The lowest BCUT2D eigenvalue weighted by molar-refractivity contribution is -0.00447. The molecule has 0 radical (unpaired) electrons. The van der Waals surface area contributed by atoms with Crippen molar-refractivity contribution in [2.45, 2.75) is 32.7 Å². The summed E-state index contributed by atoms with van der Waals surface area (Å²) in [6.07, 6.45) is 8.09. The molecule has 1 aliphatic heterocycles. The number of morpholine rings is 1. The van der Waals surface area contributed by atoms with Gasteiger partial charge in [0.2, 0.25) is 0 Å². The highest BCUT2D eigenvalue weighted by atomic mass is 16.5. The monoisotopic (exact) mass is 327 g/mol. The number of hydrogen-bond acceptors (Lipinski definition) is 6. The summed E-state index contributed by atoms with van der Waals surface area (Å²) in [7, 11) is 0. The van der Waals surface area contributed by atoms with Gasteiger partial charge in [0.05, 0.1) is 42.5 Å². The molecule has 0 bridgehead atoms. The van der Waals surface area contributed by atoms with Gasteiger partial charge in [0.15, 0.2) is 0 Å². The molecule has 7 nitrogen and oxygen atoms in total. The van der Waals surface area contributed by atoms with Gasteiger partial charge < -0.3 is 9.64 Å². The maximum absolute atomic E-state index is 12.7. The van der Waals surface area contributed by atoms with E-state index < -0.39 is 0 Å². The number of rotatable bonds is 4. The number of amides is 1. The van der Waals surface area contributed by atoms with Crippen LogP contribution in [0.4, 0.5) is 0 Å². The first-order chi connectivity index (χ1) is 11.6. The zero-order valence-corrected chi connectivity index (χ0v) is 14.0. The van der Waals surface area contributed by atoms with Crippen molar-refractivity contribution in [1.29, 1.82) is 0 Å². The minimum absolute atomic E-state index is 0.00996. The first-order valence-electron chi connectivity index (χ1n) is 8.09. The summed E-state index contributed by atoms with van der Waals surface area (Å²) < 4.78 is 5.57. The van der Waals surface area contributed by atoms with E-state index in [2.05, 4.69) is 19.9 Å². The van der Waals surface area contributed by atoms with Crippen LogP contribution < -0.4 is 0 Å². The van der Waals surface area contributed by atoms with Gasteiger partial charge in [-0.05, 0) is 26.7 Å². The van der Waals surface area contributed by atoms with Gasteiger partial charge in [-0.1, -0.05) is 0 Å². The van der Waals surface area contributed by atoms with Crippen molar-refractivity contribution in [3.8, 4) is 0 Å². The van der Waals surface area contributed by atoms with Gasteiger partial charge in [-0.25, -0.2) is 4.98 Å². The SMILES string of the molecule is Cc1cnc(C(=O)N2CCOC[C@H]2CCc2nccnc2C)cn1. The summed E-state index contributed by atoms with van der Waals surface area (Å²) in [5.41, 5.74) is 3.06. The van der Waals surface area contributed by atoms with Crippen LogP contribution in [-0.2, 0) is 11.2 Å². The number of hydrogen-bond donors (Lipinski definition) is 0. The normalized spacial score (nSPS) is 17.8. The number of aromatic nitrogens is 4. The van der Waals surface area contributed by atoms with Crippen LogP contribution in [0.15, 0.2) is 24.8 Å². The number of ether oxygens (including phenoxy) is 1. The lowest BCUT2D eigenvalue weighted by Gasteiger charge is -2.35.